The molecule has 1 N–H and O–H groups in total. The molecule has 0 aromatic heterocycles. The van der Waals surface area contributed by atoms with Crippen LogP contribution in [0.5, 0.6) is 0 Å². The summed E-state index contributed by atoms with van der Waals surface area (Å²) in [6.45, 7) is 1.45. The fraction of sp³-hybridized carbons (Fsp3) is 0.364. The van der Waals surface area contributed by atoms with Crippen molar-refractivity contribution in [1.82, 2.24) is 5.32 Å². The average molecular weight is 257 g/mol. The molecule has 2 rings (SSSR count). The third-order valence-electron chi connectivity index (χ3n) is 2.85. The summed E-state index contributed by atoms with van der Waals surface area (Å²) >= 11 is 0. The third kappa shape index (κ3) is 2.70. The van der Waals surface area contributed by atoms with Crippen LogP contribution >= 0.6 is 0 Å². The highest BCUT2D eigenvalue weighted by molar-refractivity contribution is 7.86. The van der Waals surface area contributed by atoms with Crippen molar-refractivity contribution in [3.63, 3.8) is 0 Å². The number of nitrogens with one attached hydrogen (secondary N) is 1. The summed E-state index contributed by atoms with van der Waals surface area (Å²) in [5, 5.41) is 3.08. The van der Waals surface area contributed by atoms with E-state index in [0.717, 1.165) is 25.1 Å². The second-order valence-electron chi connectivity index (χ2n) is 4.02. The molecule has 1 aromatic rings. The molecule has 0 radical (unpaired) electrons. The van der Waals surface area contributed by atoms with E-state index >= 15 is 0 Å². The molecule has 0 spiro atoms. The van der Waals surface area contributed by atoms with Crippen LogP contribution in [0, 0.1) is 5.92 Å². The molecular formula is C11H12FNO3S. The normalized spacial score (nSPS) is 20.4. The van der Waals surface area contributed by atoms with Crippen molar-refractivity contribution in [3.8, 4) is 0 Å². The number of hydrogen-bond acceptors (Lipinski definition) is 4. The van der Waals surface area contributed by atoms with Crippen LogP contribution in [0.15, 0.2) is 29.2 Å². The zero-order valence-electron chi connectivity index (χ0n) is 9.02. The second-order valence-corrected chi connectivity index (χ2v) is 5.36. The van der Waals surface area contributed by atoms with Gasteiger partial charge in [0, 0.05) is 18.0 Å². The van der Waals surface area contributed by atoms with E-state index in [9.17, 15) is 17.1 Å². The minimum atomic E-state index is -4.69. The van der Waals surface area contributed by atoms with E-state index < -0.39 is 15.1 Å². The Morgan fingerprint density at radius 2 is 1.94 bits per heavy atom. The molecule has 1 fully saturated rings. The van der Waals surface area contributed by atoms with Crippen LogP contribution in [0.25, 0.3) is 0 Å². The molecule has 6 heteroatoms. The first-order chi connectivity index (χ1) is 7.98. The number of carbonyl (C=O) groups excluding carboxylic acids is 1. The van der Waals surface area contributed by atoms with E-state index in [1.54, 1.807) is 0 Å². The smallest absolute Gasteiger partial charge is 0.316 e. The number of halogens is 1. The fourth-order valence-electron chi connectivity index (χ4n) is 1.90. The Hall–Kier alpha value is -1.27. The second kappa shape index (κ2) is 4.54. The van der Waals surface area contributed by atoms with Gasteiger partial charge in [-0.25, -0.2) is 0 Å². The summed E-state index contributed by atoms with van der Waals surface area (Å²) < 4.78 is 33.8. The lowest BCUT2D eigenvalue weighted by molar-refractivity contribution is 0.0930. The van der Waals surface area contributed by atoms with E-state index in [-0.39, 0.29) is 11.7 Å². The zero-order chi connectivity index (χ0) is 12.5. The van der Waals surface area contributed by atoms with E-state index in [4.69, 9.17) is 0 Å². The van der Waals surface area contributed by atoms with Crippen LogP contribution in [-0.4, -0.2) is 27.3 Å². The molecule has 17 heavy (non-hydrogen) atoms. The molecule has 0 aliphatic carbocycles. The van der Waals surface area contributed by atoms with Gasteiger partial charge in [-0.05, 0) is 25.1 Å². The van der Waals surface area contributed by atoms with Crippen molar-refractivity contribution >= 4 is 16.0 Å². The molecule has 0 saturated carbocycles. The molecule has 1 aliphatic rings. The lowest BCUT2D eigenvalue weighted by atomic mass is 9.97. The summed E-state index contributed by atoms with van der Waals surface area (Å²) in [6, 6.07) is 4.94. The van der Waals surface area contributed by atoms with Gasteiger partial charge in [-0.1, -0.05) is 12.1 Å². The van der Waals surface area contributed by atoms with Crippen LogP contribution in [-0.2, 0) is 10.2 Å². The third-order valence-corrected chi connectivity index (χ3v) is 3.69. The van der Waals surface area contributed by atoms with E-state index in [1.165, 1.54) is 12.1 Å². The van der Waals surface area contributed by atoms with Crippen LogP contribution in [0.2, 0.25) is 0 Å². The maximum Gasteiger partial charge on any atom is 0.332 e. The van der Waals surface area contributed by atoms with Crippen LogP contribution < -0.4 is 5.32 Å². The van der Waals surface area contributed by atoms with Gasteiger partial charge < -0.3 is 5.32 Å². The van der Waals surface area contributed by atoms with E-state index in [1.807, 2.05) is 0 Å². The van der Waals surface area contributed by atoms with Gasteiger partial charge in [-0.3, -0.25) is 4.79 Å². The first-order valence-corrected chi connectivity index (χ1v) is 6.66. The highest BCUT2D eigenvalue weighted by atomic mass is 32.3. The van der Waals surface area contributed by atoms with Crippen molar-refractivity contribution in [1.29, 1.82) is 0 Å². The lowest BCUT2D eigenvalue weighted by Gasteiger charge is -2.07. The molecule has 1 saturated heterocycles. The predicted molar refractivity (Wildman–Crippen MR) is 60.0 cm³/mol. The summed E-state index contributed by atoms with van der Waals surface area (Å²) in [7, 11) is -4.69. The fourth-order valence-corrected chi connectivity index (χ4v) is 2.36. The standard InChI is InChI=1S/C11H12FNO3S/c12-17(15,16)10-3-1-8(2-4-10)11(14)9-5-6-13-7-9/h1-4,9,13H,5-7H2. The van der Waals surface area contributed by atoms with E-state index in [2.05, 4.69) is 5.32 Å². The van der Waals surface area contributed by atoms with Crippen LogP contribution in [0.1, 0.15) is 16.8 Å². The number of rotatable bonds is 3. The minimum Gasteiger partial charge on any atom is -0.316 e. The average Bonchev–Trinajstić information content (AvgIpc) is 2.80. The highest BCUT2D eigenvalue weighted by Crippen LogP contribution is 2.18. The van der Waals surface area contributed by atoms with Crippen LogP contribution in [0.4, 0.5) is 3.89 Å². The number of benzene rings is 1. The molecule has 4 nitrogen and oxygen atoms in total. The first-order valence-electron chi connectivity index (χ1n) is 5.28. The molecule has 1 aliphatic heterocycles. The number of Topliss-reactive ketones (excluding diaryl/α,β-unsaturated/α-hetero) is 1. The Balaban J connectivity index is 2.20. The summed E-state index contributed by atoms with van der Waals surface area (Å²) in [6.07, 6.45) is 0.780. The molecule has 0 bridgehead atoms. The van der Waals surface area contributed by atoms with Gasteiger partial charge in [-0.15, -0.1) is 3.89 Å². The van der Waals surface area contributed by atoms with Crippen molar-refractivity contribution < 1.29 is 17.1 Å². The van der Waals surface area contributed by atoms with Crippen molar-refractivity contribution in [2.75, 3.05) is 13.1 Å². The van der Waals surface area contributed by atoms with Gasteiger partial charge in [0.2, 0.25) is 0 Å². The monoisotopic (exact) mass is 257 g/mol. The Bertz CT molecular complexity index is 518. The van der Waals surface area contributed by atoms with Gasteiger partial charge in [0.15, 0.2) is 5.78 Å². The topological polar surface area (TPSA) is 63.2 Å². The number of hydrogen-bond donors (Lipinski definition) is 1. The molecule has 1 heterocycles. The maximum atomic E-state index is 12.6. The van der Waals surface area contributed by atoms with Crippen molar-refractivity contribution in [2.45, 2.75) is 11.3 Å². The summed E-state index contributed by atoms with van der Waals surface area (Å²) in [4.78, 5) is 11.5. The van der Waals surface area contributed by atoms with Gasteiger partial charge >= 0.3 is 10.2 Å². The molecule has 1 unspecified atom stereocenters. The van der Waals surface area contributed by atoms with Gasteiger partial charge in [0.05, 0.1) is 4.90 Å². The van der Waals surface area contributed by atoms with Crippen molar-refractivity contribution in [3.05, 3.63) is 29.8 Å². The van der Waals surface area contributed by atoms with Crippen molar-refractivity contribution in [2.24, 2.45) is 5.92 Å². The van der Waals surface area contributed by atoms with Gasteiger partial charge in [0.25, 0.3) is 0 Å². The molecule has 0 amide bonds. The summed E-state index contributed by atoms with van der Waals surface area (Å²) in [5.41, 5.74) is 0.422. The predicted octanol–water partition coefficient (Wildman–Crippen LogP) is 1.14. The minimum absolute atomic E-state index is 0.0298. The Morgan fingerprint density at radius 3 is 2.41 bits per heavy atom. The molecule has 1 atom stereocenters. The Kier molecular flexibility index (Phi) is 3.26. The molecule has 1 aromatic carbocycles. The quantitative estimate of drug-likeness (QED) is 0.651. The first kappa shape index (κ1) is 12.2. The maximum absolute atomic E-state index is 12.6. The SMILES string of the molecule is O=C(c1ccc(S(=O)(=O)F)cc1)C1CCNC1. The largest absolute Gasteiger partial charge is 0.332 e. The Morgan fingerprint density at radius 1 is 1.29 bits per heavy atom. The van der Waals surface area contributed by atoms with Gasteiger partial charge in [0.1, 0.15) is 0 Å². The number of carbonyl (C=O) groups is 1. The molecular weight excluding hydrogens is 245 g/mol. The van der Waals surface area contributed by atoms with Crippen LogP contribution in [0.3, 0.4) is 0 Å². The lowest BCUT2D eigenvalue weighted by Crippen LogP contribution is -2.17. The Labute approximate surface area is 99.0 Å². The zero-order valence-corrected chi connectivity index (χ0v) is 9.84. The number of ketones is 1. The molecule has 92 valence electrons. The van der Waals surface area contributed by atoms with E-state index in [0.29, 0.717) is 12.1 Å². The van der Waals surface area contributed by atoms with Gasteiger partial charge in [-0.2, -0.15) is 8.42 Å². The summed E-state index contributed by atoms with van der Waals surface area (Å²) in [5.74, 6) is -0.0966. The highest BCUT2D eigenvalue weighted by Gasteiger charge is 2.23.